The van der Waals surface area contributed by atoms with Gasteiger partial charge in [-0.3, -0.25) is 4.21 Å². The Hall–Kier alpha value is 0.0500. The summed E-state index contributed by atoms with van der Waals surface area (Å²) in [6, 6.07) is 4.51. The van der Waals surface area contributed by atoms with Crippen LogP contribution in [0.25, 0.3) is 0 Å². The Balaban J connectivity index is 2.30. The van der Waals surface area contributed by atoms with E-state index in [2.05, 4.69) is 15.9 Å². The molecule has 2 rings (SSSR count). The summed E-state index contributed by atoms with van der Waals surface area (Å²) in [6.45, 7) is 0.602. The molecule has 1 aromatic rings. The lowest BCUT2D eigenvalue weighted by molar-refractivity contribution is 0.438. The topological polar surface area (TPSA) is 54.5 Å². The van der Waals surface area contributed by atoms with E-state index < -0.39 is 20.8 Å². The Bertz CT molecular complexity index is 581. The molecule has 0 unspecified atom stereocenters. The van der Waals surface area contributed by atoms with Gasteiger partial charge in [0, 0.05) is 39.9 Å². The summed E-state index contributed by atoms with van der Waals surface area (Å²) < 4.78 is 37.8. The number of benzene rings is 1. The molecule has 8 heteroatoms. The van der Waals surface area contributed by atoms with Gasteiger partial charge in [0.15, 0.2) is 0 Å². The van der Waals surface area contributed by atoms with Crippen molar-refractivity contribution < 1.29 is 12.6 Å². The van der Waals surface area contributed by atoms with E-state index in [1.54, 1.807) is 6.07 Å². The average Bonchev–Trinajstić information content (AvgIpc) is 2.33. The first-order valence-corrected chi connectivity index (χ1v) is 9.31. The molecule has 1 aliphatic heterocycles. The lowest BCUT2D eigenvalue weighted by atomic mass is 10.4. The molecular formula is C10H11BrClNO3S2. The van der Waals surface area contributed by atoms with Gasteiger partial charge in [0.25, 0.3) is 0 Å². The first kappa shape index (κ1) is 14.5. The van der Waals surface area contributed by atoms with E-state index in [1.807, 2.05) is 0 Å². The fourth-order valence-corrected chi connectivity index (χ4v) is 5.05. The van der Waals surface area contributed by atoms with Crippen LogP contribution in [0.5, 0.6) is 0 Å². The van der Waals surface area contributed by atoms with E-state index in [0.717, 1.165) is 0 Å². The number of sulfonamides is 1. The molecule has 0 spiro atoms. The van der Waals surface area contributed by atoms with Gasteiger partial charge >= 0.3 is 0 Å². The highest BCUT2D eigenvalue weighted by Gasteiger charge is 2.28. The van der Waals surface area contributed by atoms with Gasteiger partial charge in [0.05, 0.1) is 9.92 Å². The Labute approximate surface area is 122 Å². The van der Waals surface area contributed by atoms with Crippen LogP contribution in [-0.2, 0) is 20.8 Å². The number of hydrogen-bond donors (Lipinski definition) is 0. The number of rotatable bonds is 2. The van der Waals surface area contributed by atoms with Crippen LogP contribution in [0.2, 0.25) is 5.02 Å². The summed E-state index contributed by atoms with van der Waals surface area (Å²) in [4.78, 5) is 0.200. The predicted octanol–water partition coefficient (Wildman–Crippen LogP) is 1.86. The van der Waals surface area contributed by atoms with Gasteiger partial charge in [-0.1, -0.05) is 11.6 Å². The molecule has 0 bridgehead atoms. The number of hydrogen-bond acceptors (Lipinski definition) is 3. The van der Waals surface area contributed by atoms with Gasteiger partial charge in [-0.05, 0) is 34.1 Å². The highest BCUT2D eigenvalue weighted by molar-refractivity contribution is 9.10. The van der Waals surface area contributed by atoms with Crippen molar-refractivity contribution in [1.82, 2.24) is 4.31 Å². The minimum atomic E-state index is -3.51. The highest BCUT2D eigenvalue weighted by Crippen LogP contribution is 2.27. The zero-order valence-corrected chi connectivity index (χ0v) is 13.3. The summed E-state index contributed by atoms with van der Waals surface area (Å²) in [5.41, 5.74) is 0. The van der Waals surface area contributed by atoms with E-state index in [-0.39, 0.29) is 4.90 Å². The van der Waals surface area contributed by atoms with Crippen LogP contribution in [0.4, 0.5) is 0 Å². The lowest BCUT2D eigenvalue weighted by Crippen LogP contribution is -2.41. The first-order chi connectivity index (χ1) is 8.41. The zero-order valence-electron chi connectivity index (χ0n) is 9.30. The second-order valence-electron chi connectivity index (χ2n) is 3.83. The van der Waals surface area contributed by atoms with Crippen LogP contribution < -0.4 is 0 Å². The maximum atomic E-state index is 12.3. The summed E-state index contributed by atoms with van der Waals surface area (Å²) in [6.07, 6.45) is 0. The molecule has 0 saturated carbocycles. The van der Waals surface area contributed by atoms with Crippen molar-refractivity contribution in [1.29, 1.82) is 0 Å². The third-order valence-electron chi connectivity index (χ3n) is 2.67. The SMILES string of the molecule is O=S1CCN(S(=O)(=O)c2ccc(Cl)c(Br)c2)CC1. The Morgan fingerprint density at radius 3 is 2.44 bits per heavy atom. The van der Waals surface area contributed by atoms with Gasteiger partial charge in [-0.25, -0.2) is 8.42 Å². The summed E-state index contributed by atoms with van der Waals surface area (Å²) in [5.74, 6) is 0.794. The van der Waals surface area contributed by atoms with E-state index in [9.17, 15) is 12.6 Å². The minimum absolute atomic E-state index is 0.200. The van der Waals surface area contributed by atoms with Crippen LogP contribution in [-0.4, -0.2) is 41.5 Å². The van der Waals surface area contributed by atoms with E-state index >= 15 is 0 Å². The van der Waals surface area contributed by atoms with Crippen molar-refractivity contribution in [3.8, 4) is 0 Å². The predicted molar refractivity (Wildman–Crippen MR) is 75.8 cm³/mol. The fraction of sp³-hybridized carbons (Fsp3) is 0.400. The quantitative estimate of drug-likeness (QED) is 0.796. The second kappa shape index (κ2) is 5.58. The lowest BCUT2D eigenvalue weighted by Gasteiger charge is -2.25. The number of nitrogens with zero attached hydrogens (tertiary/aromatic N) is 1. The van der Waals surface area contributed by atoms with Crippen LogP contribution in [0.3, 0.4) is 0 Å². The van der Waals surface area contributed by atoms with E-state index in [4.69, 9.17) is 11.6 Å². The highest BCUT2D eigenvalue weighted by atomic mass is 79.9. The molecule has 1 fully saturated rings. The third kappa shape index (κ3) is 2.96. The molecule has 0 aliphatic carbocycles. The Morgan fingerprint density at radius 1 is 1.28 bits per heavy atom. The minimum Gasteiger partial charge on any atom is -0.259 e. The molecule has 1 saturated heterocycles. The van der Waals surface area contributed by atoms with Crippen molar-refractivity contribution in [3.63, 3.8) is 0 Å². The molecule has 1 aromatic carbocycles. The summed E-state index contributed by atoms with van der Waals surface area (Å²) in [5, 5.41) is 0.466. The van der Waals surface area contributed by atoms with Crippen LogP contribution >= 0.6 is 27.5 Å². The maximum Gasteiger partial charge on any atom is 0.243 e. The summed E-state index contributed by atoms with van der Waals surface area (Å²) >= 11 is 9.05. The second-order valence-corrected chi connectivity index (χ2v) is 8.72. The molecule has 0 atom stereocenters. The monoisotopic (exact) mass is 371 g/mol. The third-order valence-corrected chi connectivity index (χ3v) is 7.05. The molecule has 0 N–H and O–H groups in total. The number of halogens is 2. The molecule has 4 nitrogen and oxygen atoms in total. The first-order valence-electron chi connectivity index (χ1n) is 5.21. The Kier molecular flexibility index (Phi) is 4.48. The molecule has 0 amide bonds. The van der Waals surface area contributed by atoms with Crippen LogP contribution in [0.1, 0.15) is 0 Å². The van der Waals surface area contributed by atoms with Gasteiger partial charge in [-0.15, -0.1) is 0 Å². The van der Waals surface area contributed by atoms with Gasteiger partial charge < -0.3 is 0 Å². The molecule has 100 valence electrons. The molecular weight excluding hydrogens is 362 g/mol. The van der Waals surface area contributed by atoms with Crippen molar-refractivity contribution in [3.05, 3.63) is 27.7 Å². The maximum absolute atomic E-state index is 12.3. The average molecular weight is 373 g/mol. The largest absolute Gasteiger partial charge is 0.259 e. The fourth-order valence-electron chi connectivity index (χ4n) is 1.65. The van der Waals surface area contributed by atoms with Crippen molar-refractivity contribution in [2.45, 2.75) is 4.90 Å². The van der Waals surface area contributed by atoms with Crippen LogP contribution in [0, 0.1) is 0 Å². The molecule has 1 heterocycles. The normalized spacial score (nSPS) is 19.0. The zero-order chi connectivity index (χ0) is 13.3. The van der Waals surface area contributed by atoms with Gasteiger partial charge in [0.1, 0.15) is 0 Å². The van der Waals surface area contributed by atoms with Gasteiger partial charge in [0.2, 0.25) is 10.0 Å². The summed E-state index contributed by atoms with van der Waals surface area (Å²) in [7, 11) is -4.41. The smallest absolute Gasteiger partial charge is 0.243 e. The van der Waals surface area contributed by atoms with Crippen molar-refractivity contribution in [2.24, 2.45) is 0 Å². The Morgan fingerprint density at radius 2 is 1.89 bits per heavy atom. The van der Waals surface area contributed by atoms with E-state index in [0.29, 0.717) is 34.1 Å². The molecule has 1 aliphatic rings. The molecule has 18 heavy (non-hydrogen) atoms. The van der Waals surface area contributed by atoms with Crippen molar-refractivity contribution >= 4 is 48.4 Å². The molecule has 0 radical (unpaired) electrons. The van der Waals surface area contributed by atoms with Gasteiger partial charge in [-0.2, -0.15) is 4.31 Å². The van der Waals surface area contributed by atoms with E-state index in [1.165, 1.54) is 16.4 Å². The molecule has 0 aromatic heterocycles. The standard InChI is InChI=1S/C10H11BrClNO3S2/c11-9-7-8(1-2-10(9)12)18(15,16)13-3-5-17(14)6-4-13/h1-2,7H,3-6H2. The van der Waals surface area contributed by atoms with Crippen LogP contribution in [0.15, 0.2) is 27.6 Å². The van der Waals surface area contributed by atoms with Crippen molar-refractivity contribution in [2.75, 3.05) is 24.6 Å².